The summed E-state index contributed by atoms with van der Waals surface area (Å²) in [5, 5.41) is 0. The van der Waals surface area contributed by atoms with Gasteiger partial charge >= 0.3 is 0 Å². The largest absolute Gasteiger partial charge is 0.432 e. The van der Waals surface area contributed by atoms with Crippen molar-refractivity contribution < 1.29 is 9.53 Å². The molecule has 0 bridgehead atoms. The van der Waals surface area contributed by atoms with Crippen LogP contribution in [0.25, 0.3) is 0 Å². The highest BCUT2D eigenvalue weighted by Gasteiger charge is 1.95. The number of rotatable bonds is 1. The summed E-state index contributed by atoms with van der Waals surface area (Å²) in [6.07, 6.45) is 0. The molecule has 2 nitrogen and oxygen atoms in total. The van der Waals surface area contributed by atoms with Crippen LogP contribution in [-0.2, 0) is 0 Å². The maximum Gasteiger partial charge on any atom is 0.265 e. The van der Waals surface area contributed by atoms with E-state index in [0.29, 0.717) is 16.0 Å². The van der Waals surface area contributed by atoms with Gasteiger partial charge in [0.05, 0.1) is 0 Å². The number of benzene rings is 1. The molecule has 0 N–H and O–H groups in total. The van der Waals surface area contributed by atoms with Crippen LogP contribution in [0.1, 0.15) is 0 Å². The molecule has 0 heterocycles. The first-order valence-electron chi connectivity index (χ1n) is 3.12. The third-order valence-electron chi connectivity index (χ3n) is 1.08. The molecule has 11 heavy (non-hydrogen) atoms. The molecule has 0 amide bonds. The van der Waals surface area contributed by atoms with Crippen LogP contribution >= 0.6 is 15.9 Å². The van der Waals surface area contributed by atoms with E-state index in [9.17, 15) is 4.79 Å². The monoisotopic (exact) mass is 230 g/mol. The molecular weight excluding hydrogens is 224 g/mol. The average molecular weight is 231 g/mol. The lowest BCUT2D eigenvalue weighted by Crippen LogP contribution is -2.03. The van der Waals surface area contributed by atoms with E-state index < -0.39 is 0 Å². The highest BCUT2D eigenvalue weighted by Crippen LogP contribution is 2.15. The lowest BCUT2D eigenvalue weighted by molar-refractivity contribution is 0.225. The van der Waals surface area contributed by atoms with Gasteiger partial charge in [0.25, 0.3) is 5.59 Å². The molecule has 1 rings (SSSR count). The highest BCUT2D eigenvalue weighted by molar-refractivity contribution is 9.10. The Morgan fingerprint density at radius 1 is 1.36 bits per heavy atom. The number of carbonyl (C=O) groups is 1. The van der Waals surface area contributed by atoms with Gasteiger partial charge < -0.3 is 4.74 Å². The van der Waals surface area contributed by atoms with Gasteiger partial charge in [0.2, 0.25) is 0 Å². The first-order chi connectivity index (χ1) is 5.18. The lowest BCUT2D eigenvalue weighted by atomic mass is 10.3. The van der Waals surface area contributed by atoms with Gasteiger partial charge in [-0.3, -0.25) is 4.79 Å². The summed E-state index contributed by atoms with van der Waals surface area (Å²) < 4.78 is 5.85. The molecule has 4 heteroatoms. The number of hydrogen-bond donors (Lipinski definition) is 0. The molecule has 1 aromatic carbocycles. The summed E-state index contributed by atoms with van der Waals surface area (Å²) in [5.74, 6) is 0.605. The van der Waals surface area contributed by atoms with Crippen molar-refractivity contribution in [3.63, 3.8) is 0 Å². The van der Waals surface area contributed by atoms with Gasteiger partial charge in [0.15, 0.2) is 0 Å². The molecule has 0 radical (unpaired) electrons. The fourth-order valence-corrected chi connectivity index (χ4v) is 1.17. The van der Waals surface area contributed by atoms with Crippen molar-refractivity contribution in [1.29, 1.82) is 0 Å². The first-order valence-corrected chi connectivity index (χ1v) is 4.92. The standard InChI is InChI=1S/C7H7BrO2Si/c8-5-1-3-6(4-2-5)10-7(9)11/h1-4H,11H3. The average Bonchev–Trinajstić information content (AvgIpc) is 1.93. The molecule has 0 atom stereocenters. The summed E-state index contributed by atoms with van der Waals surface area (Å²) in [5.41, 5.74) is -0.160. The van der Waals surface area contributed by atoms with Gasteiger partial charge in [-0.15, -0.1) is 0 Å². The predicted octanol–water partition coefficient (Wildman–Crippen LogP) is 1.31. The fraction of sp³-hybridized carbons (Fsp3) is 0. The summed E-state index contributed by atoms with van der Waals surface area (Å²) in [4.78, 5) is 10.5. The van der Waals surface area contributed by atoms with E-state index in [1.54, 1.807) is 12.1 Å². The second-order valence-corrected chi connectivity index (χ2v) is 3.78. The Kier molecular flexibility index (Phi) is 2.84. The van der Waals surface area contributed by atoms with Gasteiger partial charge in [-0.2, -0.15) is 0 Å². The Morgan fingerprint density at radius 3 is 2.36 bits per heavy atom. The molecule has 58 valence electrons. The molecule has 0 aliphatic carbocycles. The molecule has 0 aliphatic rings. The molecule has 0 aliphatic heterocycles. The van der Waals surface area contributed by atoms with E-state index >= 15 is 0 Å². The second kappa shape index (κ2) is 3.68. The summed E-state index contributed by atoms with van der Waals surface area (Å²) in [6, 6.07) is 7.17. The molecule has 0 aromatic heterocycles. The lowest BCUT2D eigenvalue weighted by Gasteiger charge is -1.99. The maximum absolute atomic E-state index is 10.5. The number of halogens is 1. The third-order valence-corrected chi connectivity index (χ3v) is 1.81. The Balaban J connectivity index is 2.74. The smallest absolute Gasteiger partial charge is 0.265 e. The molecule has 0 saturated heterocycles. The Bertz CT molecular complexity index is 258. The minimum Gasteiger partial charge on any atom is -0.432 e. The SMILES string of the molecule is O=C([SiH3])Oc1ccc(Br)cc1. The van der Waals surface area contributed by atoms with Crippen molar-refractivity contribution in [1.82, 2.24) is 0 Å². The molecule has 0 spiro atoms. The molecule has 1 aromatic rings. The number of carbonyl (C=O) groups excluding carboxylic acids is 1. The highest BCUT2D eigenvalue weighted by atomic mass is 79.9. The zero-order valence-corrected chi connectivity index (χ0v) is 9.59. The zero-order chi connectivity index (χ0) is 8.27. The summed E-state index contributed by atoms with van der Waals surface area (Å²) in [7, 11) is 0.429. The van der Waals surface area contributed by atoms with Gasteiger partial charge in [0.1, 0.15) is 16.0 Å². The van der Waals surface area contributed by atoms with Crippen LogP contribution in [0.5, 0.6) is 5.75 Å². The minimum absolute atomic E-state index is 0.160. The zero-order valence-electron chi connectivity index (χ0n) is 6.00. The van der Waals surface area contributed by atoms with Gasteiger partial charge in [-0.1, -0.05) is 15.9 Å². The summed E-state index contributed by atoms with van der Waals surface area (Å²) in [6.45, 7) is 0. The van der Waals surface area contributed by atoms with E-state index in [1.807, 2.05) is 12.1 Å². The first kappa shape index (κ1) is 8.48. The van der Waals surface area contributed by atoms with Crippen molar-refractivity contribution in [2.75, 3.05) is 0 Å². The number of ether oxygens (including phenoxy) is 1. The number of hydrogen-bond acceptors (Lipinski definition) is 2. The van der Waals surface area contributed by atoms with Gasteiger partial charge in [-0.05, 0) is 24.3 Å². The van der Waals surface area contributed by atoms with Crippen LogP contribution < -0.4 is 4.74 Å². The van der Waals surface area contributed by atoms with Gasteiger partial charge in [0, 0.05) is 4.47 Å². The molecule has 0 unspecified atom stereocenters. The van der Waals surface area contributed by atoms with Gasteiger partial charge in [-0.25, -0.2) is 0 Å². The normalized spacial score (nSPS) is 9.55. The fourth-order valence-electron chi connectivity index (χ4n) is 0.669. The maximum atomic E-state index is 10.5. The second-order valence-electron chi connectivity index (χ2n) is 2.05. The molecule has 0 saturated carbocycles. The van der Waals surface area contributed by atoms with Crippen LogP contribution in [0.4, 0.5) is 4.79 Å². The van der Waals surface area contributed by atoms with Crippen molar-refractivity contribution in [2.45, 2.75) is 0 Å². The van der Waals surface area contributed by atoms with Crippen LogP contribution in [0.2, 0.25) is 0 Å². The quantitative estimate of drug-likeness (QED) is 0.681. The van der Waals surface area contributed by atoms with E-state index in [4.69, 9.17) is 4.74 Å². The molecule has 0 fully saturated rings. The Morgan fingerprint density at radius 2 is 1.91 bits per heavy atom. The summed E-state index contributed by atoms with van der Waals surface area (Å²) >= 11 is 3.28. The van der Waals surface area contributed by atoms with Crippen LogP contribution in [-0.4, -0.2) is 15.8 Å². The van der Waals surface area contributed by atoms with Crippen molar-refractivity contribution in [2.24, 2.45) is 0 Å². The van der Waals surface area contributed by atoms with Crippen molar-refractivity contribution in [3.05, 3.63) is 28.7 Å². The molecular formula is C7H7BrO2Si. The topological polar surface area (TPSA) is 26.3 Å². The predicted molar refractivity (Wildman–Crippen MR) is 50.1 cm³/mol. The third kappa shape index (κ3) is 2.86. The van der Waals surface area contributed by atoms with E-state index in [1.165, 1.54) is 0 Å². The Hall–Kier alpha value is -0.613. The van der Waals surface area contributed by atoms with E-state index in [2.05, 4.69) is 15.9 Å². The van der Waals surface area contributed by atoms with E-state index in [0.717, 1.165) is 4.47 Å². The van der Waals surface area contributed by atoms with Crippen LogP contribution in [0.15, 0.2) is 28.7 Å². The minimum atomic E-state index is -0.160. The van der Waals surface area contributed by atoms with Crippen molar-refractivity contribution in [3.8, 4) is 5.75 Å². The van der Waals surface area contributed by atoms with Crippen molar-refractivity contribution >= 4 is 31.8 Å². The Labute approximate surface area is 76.1 Å². The van der Waals surface area contributed by atoms with Crippen LogP contribution in [0, 0.1) is 0 Å². The van der Waals surface area contributed by atoms with Crippen LogP contribution in [0.3, 0.4) is 0 Å². The van der Waals surface area contributed by atoms with E-state index in [-0.39, 0.29) is 5.59 Å².